The van der Waals surface area contributed by atoms with E-state index in [1.165, 1.54) is 10.9 Å². The Kier molecular flexibility index (Phi) is 3.82. The zero-order chi connectivity index (χ0) is 10.6. The second-order valence-corrected chi connectivity index (χ2v) is 5.46. The highest BCUT2D eigenvalue weighted by Crippen LogP contribution is 1.99. The number of alkyl halides is 1. The van der Waals surface area contributed by atoms with Crippen molar-refractivity contribution in [1.29, 1.82) is 0 Å². The zero-order valence-electron chi connectivity index (χ0n) is 7.72. The summed E-state index contributed by atoms with van der Waals surface area (Å²) in [5.41, 5.74) is 0. The maximum absolute atomic E-state index is 10.8. The van der Waals surface area contributed by atoms with Crippen molar-refractivity contribution in [3.63, 3.8) is 0 Å². The van der Waals surface area contributed by atoms with E-state index < -0.39 is 9.84 Å². The number of halogens is 1. The molecule has 0 aliphatic carbocycles. The highest BCUT2D eigenvalue weighted by atomic mass is 35.5. The van der Waals surface area contributed by atoms with Gasteiger partial charge in [-0.1, -0.05) is 0 Å². The van der Waals surface area contributed by atoms with Gasteiger partial charge in [-0.3, -0.25) is 0 Å². The lowest BCUT2D eigenvalue weighted by atomic mass is 10.5. The molecule has 1 heterocycles. The fourth-order valence-electron chi connectivity index (χ4n) is 0.969. The molecule has 0 amide bonds. The minimum Gasteiger partial charge on any atom is -0.229 e. The van der Waals surface area contributed by atoms with Crippen LogP contribution < -0.4 is 0 Å². The van der Waals surface area contributed by atoms with Gasteiger partial charge in [0, 0.05) is 12.8 Å². The monoisotopic (exact) mass is 238 g/mol. The summed E-state index contributed by atoms with van der Waals surface area (Å²) in [6.07, 6.45) is 1.70. The smallest absolute Gasteiger partial charge is 0.165 e. The van der Waals surface area contributed by atoms with Crippen LogP contribution in [0.25, 0.3) is 0 Å². The minimum absolute atomic E-state index is 0.134. The third-order valence-corrected chi connectivity index (χ3v) is 2.88. The van der Waals surface area contributed by atoms with Gasteiger partial charge in [0.1, 0.15) is 9.84 Å². The molecule has 1 rings (SSSR count). The average Bonchev–Trinajstić information content (AvgIpc) is 2.49. The number of rotatable bonds is 5. The van der Waals surface area contributed by atoms with Crippen molar-refractivity contribution in [3.05, 3.63) is 5.82 Å². The Morgan fingerprint density at radius 2 is 2.21 bits per heavy atom. The first-order valence-corrected chi connectivity index (χ1v) is 6.61. The number of nitrogens with zero attached hydrogens (tertiary/aromatic N) is 4. The first kappa shape index (κ1) is 11.4. The SMILES string of the molecule is CS(=O)(=O)CCCn1nnnc1CCl. The predicted octanol–water partition coefficient (Wildman–Crippen LogP) is -0.153. The molecule has 0 aliphatic heterocycles. The number of hydrogen-bond acceptors (Lipinski definition) is 5. The van der Waals surface area contributed by atoms with Crippen molar-refractivity contribution in [2.45, 2.75) is 18.8 Å². The van der Waals surface area contributed by atoms with Crippen LogP contribution in [0.5, 0.6) is 0 Å². The zero-order valence-corrected chi connectivity index (χ0v) is 9.29. The van der Waals surface area contributed by atoms with Crippen molar-refractivity contribution >= 4 is 21.4 Å². The quantitative estimate of drug-likeness (QED) is 0.667. The summed E-state index contributed by atoms with van der Waals surface area (Å²) in [5, 5.41) is 10.8. The lowest BCUT2D eigenvalue weighted by Crippen LogP contribution is -2.10. The molecular formula is C6H11ClN4O2S. The molecule has 14 heavy (non-hydrogen) atoms. The highest BCUT2D eigenvalue weighted by Gasteiger charge is 2.06. The number of aromatic nitrogens is 4. The Labute approximate surface area is 87.2 Å². The van der Waals surface area contributed by atoms with E-state index in [0.29, 0.717) is 18.8 Å². The maximum atomic E-state index is 10.8. The number of sulfone groups is 1. The van der Waals surface area contributed by atoms with Crippen LogP contribution in [0.2, 0.25) is 0 Å². The fraction of sp³-hybridized carbons (Fsp3) is 0.833. The first-order chi connectivity index (χ1) is 6.53. The van der Waals surface area contributed by atoms with E-state index in [9.17, 15) is 8.42 Å². The molecule has 80 valence electrons. The van der Waals surface area contributed by atoms with Crippen LogP contribution in [-0.4, -0.2) is 40.6 Å². The summed E-state index contributed by atoms with van der Waals surface area (Å²) in [6.45, 7) is 0.474. The molecule has 0 atom stereocenters. The Morgan fingerprint density at radius 3 is 2.79 bits per heavy atom. The van der Waals surface area contributed by atoms with Crippen LogP contribution in [0, 0.1) is 0 Å². The van der Waals surface area contributed by atoms with Crippen molar-refractivity contribution in [2.24, 2.45) is 0 Å². The molecule has 1 aromatic rings. The minimum atomic E-state index is -2.91. The second-order valence-electron chi connectivity index (χ2n) is 2.94. The van der Waals surface area contributed by atoms with Crippen molar-refractivity contribution in [3.8, 4) is 0 Å². The lowest BCUT2D eigenvalue weighted by Gasteiger charge is -2.00. The molecule has 1 aromatic heterocycles. The van der Waals surface area contributed by atoms with Gasteiger partial charge in [0.25, 0.3) is 0 Å². The Bertz CT molecular complexity index is 388. The number of hydrogen-bond donors (Lipinski definition) is 0. The molecule has 0 aliphatic rings. The molecule has 0 bridgehead atoms. The summed E-state index contributed by atoms with van der Waals surface area (Å²) in [5.74, 6) is 0.917. The predicted molar refractivity (Wildman–Crippen MR) is 51.7 cm³/mol. The summed E-state index contributed by atoms with van der Waals surface area (Å²) in [4.78, 5) is 0. The molecule has 6 nitrogen and oxygen atoms in total. The molecule has 8 heteroatoms. The van der Waals surface area contributed by atoms with Crippen molar-refractivity contribution in [2.75, 3.05) is 12.0 Å². The number of tetrazole rings is 1. The van der Waals surface area contributed by atoms with Gasteiger partial charge in [0.2, 0.25) is 0 Å². The Hall–Kier alpha value is -0.690. The van der Waals surface area contributed by atoms with E-state index in [4.69, 9.17) is 11.6 Å². The maximum Gasteiger partial charge on any atom is 0.165 e. The molecule has 0 aromatic carbocycles. The molecule has 0 spiro atoms. The normalized spacial score (nSPS) is 11.9. The van der Waals surface area contributed by atoms with Gasteiger partial charge in [0.05, 0.1) is 11.6 Å². The largest absolute Gasteiger partial charge is 0.229 e. The summed E-state index contributed by atoms with van der Waals surface area (Å²) in [7, 11) is -2.91. The molecule has 0 saturated carbocycles. The van der Waals surface area contributed by atoms with E-state index in [1.807, 2.05) is 0 Å². The molecule has 0 N–H and O–H groups in total. The summed E-state index contributed by atoms with van der Waals surface area (Å²) in [6, 6.07) is 0. The van der Waals surface area contributed by atoms with E-state index in [0.717, 1.165) is 0 Å². The van der Waals surface area contributed by atoms with Gasteiger partial charge in [-0.2, -0.15) is 0 Å². The van der Waals surface area contributed by atoms with Crippen LogP contribution in [0.1, 0.15) is 12.2 Å². The fourth-order valence-corrected chi connectivity index (χ4v) is 1.81. The van der Waals surface area contributed by atoms with Gasteiger partial charge >= 0.3 is 0 Å². The Balaban J connectivity index is 2.46. The topological polar surface area (TPSA) is 77.7 Å². The van der Waals surface area contributed by atoms with Gasteiger partial charge in [-0.15, -0.1) is 16.7 Å². The molecule has 0 fully saturated rings. The summed E-state index contributed by atoms with van der Waals surface area (Å²) >= 11 is 5.56. The van der Waals surface area contributed by atoms with Gasteiger partial charge in [0.15, 0.2) is 5.82 Å². The molecule has 0 unspecified atom stereocenters. The number of aryl methyl sites for hydroxylation is 1. The summed E-state index contributed by atoms with van der Waals surface area (Å²) < 4.78 is 23.2. The van der Waals surface area contributed by atoms with Gasteiger partial charge < -0.3 is 0 Å². The molecule has 0 radical (unpaired) electrons. The van der Waals surface area contributed by atoms with E-state index >= 15 is 0 Å². The van der Waals surface area contributed by atoms with E-state index in [-0.39, 0.29) is 11.6 Å². The highest BCUT2D eigenvalue weighted by molar-refractivity contribution is 7.90. The van der Waals surface area contributed by atoms with Crippen LogP contribution in [0.4, 0.5) is 0 Å². The standard InChI is InChI=1S/C6H11ClN4O2S/c1-14(12,13)4-2-3-11-6(5-7)8-9-10-11/h2-5H2,1H3. The second kappa shape index (κ2) is 4.70. The first-order valence-electron chi connectivity index (χ1n) is 4.01. The van der Waals surface area contributed by atoms with Gasteiger partial charge in [-0.25, -0.2) is 13.1 Å². The third-order valence-electron chi connectivity index (χ3n) is 1.61. The average molecular weight is 239 g/mol. The van der Waals surface area contributed by atoms with Crippen LogP contribution in [0.15, 0.2) is 0 Å². The van der Waals surface area contributed by atoms with E-state index in [2.05, 4.69) is 15.5 Å². The molecule has 0 saturated heterocycles. The third kappa shape index (κ3) is 3.59. The van der Waals surface area contributed by atoms with Crippen LogP contribution >= 0.6 is 11.6 Å². The van der Waals surface area contributed by atoms with Crippen molar-refractivity contribution < 1.29 is 8.42 Å². The van der Waals surface area contributed by atoms with Crippen LogP contribution in [-0.2, 0) is 22.3 Å². The van der Waals surface area contributed by atoms with Crippen molar-refractivity contribution in [1.82, 2.24) is 20.2 Å². The van der Waals surface area contributed by atoms with Gasteiger partial charge in [-0.05, 0) is 16.8 Å². The van der Waals surface area contributed by atoms with E-state index in [1.54, 1.807) is 0 Å². The van der Waals surface area contributed by atoms with Crippen LogP contribution in [0.3, 0.4) is 0 Å². The Morgan fingerprint density at radius 1 is 1.50 bits per heavy atom. The lowest BCUT2D eigenvalue weighted by molar-refractivity contribution is 0.553. The molecular weight excluding hydrogens is 228 g/mol.